The molecule has 2 amide bonds. The van der Waals surface area contributed by atoms with Crippen LogP contribution >= 0.6 is 23.4 Å². The average Bonchev–Trinajstić information content (AvgIpc) is 2.62. The summed E-state index contributed by atoms with van der Waals surface area (Å²) < 4.78 is 0. The van der Waals surface area contributed by atoms with Crippen LogP contribution in [0, 0.1) is 0 Å². The third-order valence-electron chi connectivity index (χ3n) is 2.62. The first-order valence-electron chi connectivity index (χ1n) is 5.42. The van der Waals surface area contributed by atoms with Gasteiger partial charge in [0.1, 0.15) is 0 Å². The number of amides is 2. The molecule has 1 aromatic rings. The topological polar surface area (TPSA) is 66.5 Å². The zero-order valence-electron chi connectivity index (χ0n) is 10.3. The summed E-state index contributed by atoms with van der Waals surface area (Å²) in [7, 11) is 3.35. The van der Waals surface area contributed by atoms with E-state index in [1.54, 1.807) is 20.2 Å². The van der Waals surface area contributed by atoms with E-state index >= 15 is 0 Å². The van der Waals surface area contributed by atoms with Gasteiger partial charge in [0.15, 0.2) is 0 Å². The largest absolute Gasteiger partial charge is 0.348 e. The molecule has 2 rings (SSSR count). The molecule has 0 aliphatic carbocycles. The number of ketones is 1. The highest BCUT2D eigenvalue weighted by Gasteiger charge is 2.29. The number of hydrogen-bond acceptors (Lipinski definition) is 4. The van der Waals surface area contributed by atoms with Crippen LogP contribution in [-0.2, 0) is 9.59 Å². The van der Waals surface area contributed by atoms with E-state index in [0.29, 0.717) is 15.6 Å². The van der Waals surface area contributed by atoms with Crippen LogP contribution in [0.1, 0.15) is 10.4 Å². The molecule has 1 heterocycles. The number of nitrogens with zero attached hydrogens (tertiary/aromatic N) is 1. The number of halogens is 1. The molecule has 0 spiro atoms. The molecule has 0 atom stereocenters. The molecule has 7 heteroatoms. The molecule has 0 saturated carbocycles. The molecule has 0 unspecified atom stereocenters. The molecule has 1 N–H and O–H groups in total. The van der Waals surface area contributed by atoms with Crippen LogP contribution < -0.4 is 5.32 Å². The minimum absolute atomic E-state index is 0.0401. The van der Waals surface area contributed by atoms with E-state index in [9.17, 15) is 14.4 Å². The summed E-state index contributed by atoms with van der Waals surface area (Å²) in [6.45, 7) is 0. The Balaban J connectivity index is 2.21. The number of thioether (sulfide) groups is 1. The van der Waals surface area contributed by atoms with Gasteiger partial charge in [-0.2, -0.15) is 0 Å². The number of rotatable bonds is 3. The van der Waals surface area contributed by atoms with Crippen molar-refractivity contribution in [3.05, 3.63) is 22.7 Å². The minimum atomic E-state index is -0.655. The fourth-order valence-corrected chi connectivity index (χ4v) is 2.79. The second-order valence-corrected chi connectivity index (χ2v) is 5.61. The summed E-state index contributed by atoms with van der Waals surface area (Å²) in [5.74, 6) is -1.04. The molecule has 1 aromatic carbocycles. The molecule has 1 aliphatic rings. The quantitative estimate of drug-likeness (QED) is 0.681. The van der Waals surface area contributed by atoms with Crippen LogP contribution in [0.25, 0.3) is 0 Å². The Hall–Kier alpha value is -1.53. The van der Waals surface area contributed by atoms with Gasteiger partial charge >= 0.3 is 0 Å². The van der Waals surface area contributed by atoms with Crippen molar-refractivity contribution in [2.75, 3.05) is 25.2 Å². The van der Waals surface area contributed by atoms with Crippen molar-refractivity contribution in [1.29, 1.82) is 0 Å². The van der Waals surface area contributed by atoms with Crippen LogP contribution in [0.15, 0.2) is 17.0 Å². The van der Waals surface area contributed by atoms with E-state index in [1.807, 2.05) is 0 Å². The van der Waals surface area contributed by atoms with Crippen LogP contribution in [0.3, 0.4) is 0 Å². The van der Waals surface area contributed by atoms with Crippen LogP contribution in [-0.4, -0.2) is 42.3 Å². The highest BCUT2D eigenvalue weighted by atomic mass is 35.5. The maximum absolute atomic E-state index is 11.5. The first kappa shape index (κ1) is 13.9. The molecule has 1 aliphatic heterocycles. The van der Waals surface area contributed by atoms with Crippen molar-refractivity contribution in [2.24, 2.45) is 0 Å². The molecular weight excluding hydrogens is 288 g/mol. The summed E-state index contributed by atoms with van der Waals surface area (Å²) in [5.41, 5.74) is 0.720. The highest BCUT2D eigenvalue weighted by Crippen LogP contribution is 2.35. The second-order valence-electron chi connectivity index (χ2n) is 4.19. The van der Waals surface area contributed by atoms with Gasteiger partial charge in [0.05, 0.1) is 22.0 Å². The predicted octanol–water partition coefficient (Wildman–Crippen LogP) is 1.66. The molecule has 0 bridgehead atoms. The van der Waals surface area contributed by atoms with Gasteiger partial charge in [-0.25, -0.2) is 0 Å². The van der Waals surface area contributed by atoms with Gasteiger partial charge in [0.25, 0.3) is 11.7 Å². The van der Waals surface area contributed by atoms with Gasteiger partial charge < -0.3 is 10.2 Å². The Labute approximate surface area is 119 Å². The maximum Gasteiger partial charge on any atom is 0.296 e. The third-order valence-corrected chi connectivity index (χ3v) is 4.09. The summed E-state index contributed by atoms with van der Waals surface area (Å²) in [6, 6.07) is 3.08. The zero-order chi connectivity index (χ0) is 14.2. The van der Waals surface area contributed by atoms with Gasteiger partial charge in [-0.05, 0) is 12.1 Å². The number of fused-ring (bicyclic) bond motifs is 1. The second kappa shape index (κ2) is 5.22. The molecule has 5 nitrogen and oxygen atoms in total. The Bertz CT molecular complexity index is 587. The number of Topliss-reactive ketones (excluding diaryl/α,β-unsaturated/α-hetero) is 1. The van der Waals surface area contributed by atoms with E-state index in [4.69, 9.17) is 11.6 Å². The van der Waals surface area contributed by atoms with Crippen molar-refractivity contribution in [3.63, 3.8) is 0 Å². The van der Waals surface area contributed by atoms with Crippen LogP contribution in [0.4, 0.5) is 5.69 Å². The summed E-state index contributed by atoms with van der Waals surface area (Å²) in [4.78, 5) is 36.4. The predicted molar refractivity (Wildman–Crippen MR) is 73.8 cm³/mol. The molecule has 0 fully saturated rings. The molecule has 100 valence electrons. The first-order valence-corrected chi connectivity index (χ1v) is 6.78. The van der Waals surface area contributed by atoms with Crippen LogP contribution in [0.5, 0.6) is 0 Å². The average molecular weight is 299 g/mol. The number of nitrogens with one attached hydrogen (secondary N) is 1. The molecule has 19 heavy (non-hydrogen) atoms. The first-order chi connectivity index (χ1) is 8.90. The van der Waals surface area contributed by atoms with Crippen LogP contribution in [0.2, 0.25) is 5.02 Å². The Morgan fingerprint density at radius 3 is 2.68 bits per heavy atom. The Morgan fingerprint density at radius 1 is 1.37 bits per heavy atom. The molecule has 0 radical (unpaired) electrons. The lowest BCUT2D eigenvalue weighted by atomic mass is 10.1. The maximum atomic E-state index is 11.5. The van der Waals surface area contributed by atoms with Gasteiger partial charge in [-0.15, -0.1) is 11.8 Å². The zero-order valence-corrected chi connectivity index (χ0v) is 11.9. The van der Waals surface area contributed by atoms with E-state index in [0.717, 1.165) is 0 Å². The van der Waals surface area contributed by atoms with E-state index in [1.165, 1.54) is 22.7 Å². The van der Waals surface area contributed by atoms with E-state index < -0.39 is 11.7 Å². The standard InChI is InChI=1S/C12H11ClN2O3S/c1-15(2)10(16)5-19-9-4-8-6(3-7(9)13)11(17)12(18)14-8/h3-4H,5H2,1-2H3,(H,14,17,18). The molecular formula is C12H11ClN2O3S. The van der Waals surface area contributed by atoms with Crippen molar-refractivity contribution < 1.29 is 14.4 Å². The van der Waals surface area contributed by atoms with Crippen molar-refractivity contribution in [1.82, 2.24) is 4.90 Å². The summed E-state index contributed by atoms with van der Waals surface area (Å²) in [6.07, 6.45) is 0. The Kier molecular flexibility index (Phi) is 3.82. The molecule has 0 saturated heterocycles. The fourth-order valence-electron chi connectivity index (χ4n) is 1.53. The normalized spacial score (nSPS) is 13.2. The number of hydrogen-bond donors (Lipinski definition) is 1. The minimum Gasteiger partial charge on any atom is -0.348 e. The lowest BCUT2D eigenvalue weighted by molar-refractivity contribution is -0.125. The number of anilines is 1. The SMILES string of the molecule is CN(C)C(=O)CSc1cc2c(cc1Cl)C(=O)C(=O)N2. The van der Waals surface area contributed by atoms with Gasteiger partial charge in [-0.1, -0.05) is 11.6 Å². The lowest BCUT2D eigenvalue weighted by Crippen LogP contribution is -2.23. The summed E-state index contributed by atoms with van der Waals surface area (Å²) in [5, 5.41) is 2.83. The van der Waals surface area contributed by atoms with Gasteiger partial charge in [0, 0.05) is 19.0 Å². The lowest BCUT2D eigenvalue weighted by Gasteiger charge is -2.11. The van der Waals surface area contributed by atoms with Gasteiger partial charge in [-0.3, -0.25) is 14.4 Å². The van der Waals surface area contributed by atoms with Crippen molar-refractivity contribution >= 4 is 46.6 Å². The number of benzene rings is 1. The monoisotopic (exact) mass is 298 g/mol. The Morgan fingerprint density at radius 2 is 2.05 bits per heavy atom. The third kappa shape index (κ3) is 2.74. The highest BCUT2D eigenvalue weighted by molar-refractivity contribution is 8.00. The fraction of sp³-hybridized carbons (Fsp3) is 0.250. The van der Waals surface area contributed by atoms with E-state index in [2.05, 4.69) is 5.32 Å². The van der Waals surface area contributed by atoms with E-state index in [-0.39, 0.29) is 17.2 Å². The van der Waals surface area contributed by atoms with Gasteiger partial charge in [0.2, 0.25) is 5.91 Å². The number of carbonyl (C=O) groups is 3. The summed E-state index contributed by atoms with van der Waals surface area (Å²) >= 11 is 7.31. The van der Waals surface area contributed by atoms with Crippen molar-refractivity contribution in [2.45, 2.75) is 4.90 Å². The smallest absolute Gasteiger partial charge is 0.296 e. The van der Waals surface area contributed by atoms with Crippen molar-refractivity contribution in [3.8, 4) is 0 Å². The number of carbonyl (C=O) groups excluding carboxylic acids is 3. The molecule has 0 aromatic heterocycles.